The van der Waals surface area contributed by atoms with Crippen LogP contribution in [-0.2, 0) is 6.54 Å². The Bertz CT molecular complexity index is 659. The highest BCUT2D eigenvalue weighted by molar-refractivity contribution is 5.91. The Morgan fingerprint density at radius 2 is 2.17 bits per heavy atom. The zero-order chi connectivity index (χ0) is 16.2. The van der Waals surface area contributed by atoms with E-state index in [-0.39, 0.29) is 5.69 Å². The van der Waals surface area contributed by atoms with Crippen LogP contribution in [-0.4, -0.2) is 53.2 Å². The molecule has 1 aliphatic rings. The van der Waals surface area contributed by atoms with E-state index in [0.29, 0.717) is 32.0 Å². The lowest BCUT2D eigenvalue weighted by Crippen LogP contribution is -2.34. The Kier molecular flexibility index (Phi) is 4.59. The number of carbonyl (C=O) groups excluding carboxylic acids is 1. The highest BCUT2D eigenvalue weighted by Gasteiger charge is 2.23. The van der Waals surface area contributed by atoms with Crippen molar-refractivity contribution >= 4 is 11.7 Å². The number of hydrogen-bond donors (Lipinski definition) is 2. The van der Waals surface area contributed by atoms with Crippen LogP contribution in [0.2, 0.25) is 0 Å². The van der Waals surface area contributed by atoms with E-state index < -0.39 is 12.0 Å². The fourth-order valence-corrected chi connectivity index (χ4v) is 2.77. The molecule has 0 bridgehead atoms. The maximum atomic E-state index is 11.3. The lowest BCUT2D eigenvalue weighted by molar-refractivity contribution is 0.0995. The minimum Gasteiger partial charge on any atom is -0.468 e. The fraction of sp³-hybridized carbons (Fsp3) is 0.375. The number of aromatic nitrogens is 1. The van der Waals surface area contributed by atoms with Gasteiger partial charge in [0.25, 0.3) is 5.91 Å². The first-order chi connectivity index (χ1) is 11.1. The van der Waals surface area contributed by atoms with Crippen LogP contribution in [0.3, 0.4) is 0 Å². The van der Waals surface area contributed by atoms with Gasteiger partial charge in [0.2, 0.25) is 0 Å². The molecule has 122 valence electrons. The molecule has 2 aromatic rings. The number of carbonyl (C=O) groups is 1. The normalized spacial score (nSPS) is 19.5. The van der Waals surface area contributed by atoms with Crippen LogP contribution in [0, 0.1) is 0 Å². The van der Waals surface area contributed by atoms with E-state index in [1.165, 1.54) is 0 Å². The van der Waals surface area contributed by atoms with Crippen molar-refractivity contribution in [2.24, 2.45) is 5.73 Å². The maximum absolute atomic E-state index is 11.3. The number of rotatable bonds is 4. The van der Waals surface area contributed by atoms with Crippen molar-refractivity contribution in [3.05, 3.63) is 48.0 Å². The number of anilines is 1. The van der Waals surface area contributed by atoms with Crippen molar-refractivity contribution < 1.29 is 14.3 Å². The van der Waals surface area contributed by atoms with Crippen LogP contribution in [0.4, 0.5) is 5.82 Å². The van der Waals surface area contributed by atoms with Crippen LogP contribution < -0.4 is 10.6 Å². The third-order valence-electron chi connectivity index (χ3n) is 3.86. The molecule has 2 aromatic heterocycles. The second-order valence-electron chi connectivity index (χ2n) is 5.66. The van der Waals surface area contributed by atoms with Gasteiger partial charge in [-0.1, -0.05) is 6.07 Å². The molecule has 1 saturated heterocycles. The fourth-order valence-electron chi connectivity index (χ4n) is 2.77. The zero-order valence-corrected chi connectivity index (χ0v) is 12.8. The summed E-state index contributed by atoms with van der Waals surface area (Å²) >= 11 is 0. The summed E-state index contributed by atoms with van der Waals surface area (Å²) in [5.41, 5.74) is 5.51. The summed E-state index contributed by atoms with van der Waals surface area (Å²) in [6.07, 6.45) is 1.14. The van der Waals surface area contributed by atoms with E-state index >= 15 is 0 Å². The van der Waals surface area contributed by atoms with Crippen LogP contribution in [0.5, 0.6) is 0 Å². The number of aliphatic hydroxyl groups excluding tert-OH is 1. The first-order valence-corrected chi connectivity index (χ1v) is 7.56. The van der Waals surface area contributed by atoms with E-state index in [2.05, 4.69) is 9.88 Å². The predicted molar refractivity (Wildman–Crippen MR) is 85.0 cm³/mol. The van der Waals surface area contributed by atoms with E-state index in [1.54, 1.807) is 18.4 Å². The minimum absolute atomic E-state index is 0.230. The van der Waals surface area contributed by atoms with Gasteiger partial charge in [-0.3, -0.25) is 9.69 Å². The van der Waals surface area contributed by atoms with Gasteiger partial charge in [-0.15, -0.1) is 0 Å². The van der Waals surface area contributed by atoms with Crippen LogP contribution in [0.1, 0.15) is 16.2 Å². The number of nitrogens with zero attached hydrogens (tertiary/aromatic N) is 3. The topological polar surface area (TPSA) is 95.8 Å². The first-order valence-electron chi connectivity index (χ1n) is 7.56. The quantitative estimate of drug-likeness (QED) is 0.850. The SMILES string of the molecule is NC(=O)c1cccc(N2CCN(Cc3ccco3)C[C@H](O)C2)n1. The van der Waals surface area contributed by atoms with E-state index in [0.717, 1.165) is 12.3 Å². The summed E-state index contributed by atoms with van der Waals surface area (Å²) in [5.74, 6) is 0.973. The molecule has 3 rings (SSSR count). The molecule has 3 N–H and O–H groups in total. The summed E-state index contributed by atoms with van der Waals surface area (Å²) in [6, 6.07) is 8.94. The van der Waals surface area contributed by atoms with Gasteiger partial charge < -0.3 is 20.2 Å². The second kappa shape index (κ2) is 6.80. The lowest BCUT2D eigenvalue weighted by Gasteiger charge is -2.23. The standard InChI is InChI=1S/C16H20N4O3/c17-16(22)14-4-1-5-15(18-14)20-7-6-19(9-12(21)10-20)11-13-3-2-8-23-13/h1-5,8,12,21H,6-7,9-11H2,(H2,17,22)/t12-/m0/s1. The van der Waals surface area contributed by atoms with Crippen molar-refractivity contribution in [3.8, 4) is 0 Å². The molecule has 7 nitrogen and oxygen atoms in total. The number of primary amides is 1. The average Bonchev–Trinajstić information content (AvgIpc) is 2.96. The summed E-state index contributed by atoms with van der Waals surface area (Å²) in [4.78, 5) is 19.7. The lowest BCUT2D eigenvalue weighted by atomic mass is 10.3. The average molecular weight is 316 g/mol. The molecule has 0 unspecified atom stereocenters. The summed E-state index contributed by atoms with van der Waals surface area (Å²) in [6.45, 7) is 3.15. The van der Waals surface area contributed by atoms with Gasteiger partial charge in [-0.05, 0) is 24.3 Å². The third-order valence-corrected chi connectivity index (χ3v) is 3.86. The Hall–Kier alpha value is -2.38. The van der Waals surface area contributed by atoms with E-state index in [1.807, 2.05) is 23.1 Å². The van der Waals surface area contributed by atoms with Crippen molar-refractivity contribution in [3.63, 3.8) is 0 Å². The van der Waals surface area contributed by atoms with Crippen molar-refractivity contribution in [1.82, 2.24) is 9.88 Å². The number of furan rings is 1. The molecule has 0 radical (unpaired) electrons. The molecule has 3 heterocycles. The summed E-state index contributed by atoms with van der Waals surface area (Å²) in [7, 11) is 0. The monoisotopic (exact) mass is 316 g/mol. The molecular formula is C16H20N4O3. The molecule has 1 fully saturated rings. The van der Waals surface area contributed by atoms with Gasteiger partial charge in [0.1, 0.15) is 17.3 Å². The van der Waals surface area contributed by atoms with Crippen molar-refractivity contribution in [2.45, 2.75) is 12.6 Å². The summed E-state index contributed by atoms with van der Waals surface area (Å²) < 4.78 is 5.37. The van der Waals surface area contributed by atoms with E-state index in [4.69, 9.17) is 10.2 Å². The number of nitrogens with two attached hydrogens (primary N) is 1. The number of hydrogen-bond acceptors (Lipinski definition) is 6. The molecule has 1 atom stereocenters. The number of pyridine rings is 1. The molecule has 1 amide bonds. The molecule has 7 heteroatoms. The molecule has 0 saturated carbocycles. The molecular weight excluding hydrogens is 296 g/mol. The van der Waals surface area contributed by atoms with Gasteiger partial charge in [0.15, 0.2) is 0 Å². The van der Waals surface area contributed by atoms with E-state index in [9.17, 15) is 9.90 Å². The Balaban J connectivity index is 1.70. The Morgan fingerprint density at radius 1 is 1.30 bits per heavy atom. The molecule has 0 aromatic carbocycles. The third kappa shape index (κ3) is 3.88. The van der Waals surface area contributed by atoms with Crippen LogP contribution >= 0.6 is 0 Å². The maximum Gasteiger partial charge on any atom is 0.267 e. The predicted octanol–water partition coefficient (Wildman–Crippen LogP) is 0.457. The number of β-amino-alcohol motifs (C(OH)–C–C–N with tert-alkyl or cyclic N) is 1. The number of amides is 1. The smallest absolute Gasteiger partial charge is 0.267 e. The van der Waals surface area contributed by atoms with Gasteiger partial charge in [-0.25, -0.2) is 4.98 Å². The molecule has 23 heavy (non-hydrogen) atoms. The van der Waals surface area contributed by atoms with Crippen LogP contribution in [0.15, 0.2) is 41.0 Å². The van der Waals surface area contributed by atoms with Crippen molar-refractivity contribution in [1.29, 1.82) is 0 Å². The largest absolute Gasteiger partial charge is 0.468 e. The highest BCUT2D eigenvalue weighted by atomic mass is 16.3. The first kappa shape index (κ1) is 15.5. The highest BCUT2D eigenvalue weighted by Crippen LogP contribution is 2.16. The Labute approximate surface area is 134 Å². The molecule has 1 aliphatic heterocycles. The van der Waals surface area contributed by atoms with Crippen LogP contribution in [0.25, 0.3) is 0 Å². The molecule has 0 spiro atoms. The second-order valence-corrected chi connectivity index (χ2v) is 5.66. The Morgan fingerprint density at radius 3 is 2.91 bits per heavy atom. The van der Waals surface area contributed by atoms with Gasteiger partial charge in [0, 0.05) is 26.2 Å². The van der Waals surface area contributed by atoms with Gasteiger partial charge in [0.05, 0.1) is 18.9 Å². The number of aliphatic hydroxyl groups is 1. The zero-order valence-electron chi connectivity index (χ0n) is 12.8. The van der Waals surface area contributed by atoms with Gasteiger partial charge >= 0.3 is 0 Å². The van der Waals surface area contributed by atoms with Gasteiger partial charge in [-0.2, -0.15) is 0 Å². The minimum atomic E-state index is -0.554. The molecule has 0 aliphatic carbocycles. The summed E-state index contributed by atoms with van der Waals surface area (Å²) in [5, 5.41) is 10.3. The van der Waals surface area contributed by atoms with Crippen molar-refractivity contribution in [2.75, 3.05) is 31.1 Å².